The van der Waals surface area contributed by atoms with E-state index in [-0.39, 0.29) is 23.7 Å². The Hall–Kier alpha value is -1.67. The molecule has 106 valence electrons. The number of nitrogens with two attached hydrogens (primary N) is 1. The van der Waals surface area contributed by atoms with Crippen molar-refractivity contribution in [2.45, 2.75) is 32.4 Å². The zero-order chi connectivity index (χ0) is 14.4. The van der Waals surface area contributed by atoms with E-state index in [0.717, 1.165) is 17.0 Å². The van der Waals surface area contributed by atoms with Crippen LogP contribution in [-0.4, -0.2) is 34.1 Å². The Morgan fingerprint density at radius 1 is 1.58 bits per heavy atom. The van der Waals surface area contributed by atoms with Gasteiger partial charge in [0, 0.05) is 24.0 Å². The summed E-state index contributed by atoms with van der Waals surface area (Å²) in [7, 11) is 0. The summed E-state index contributed by atoms with van der Waals surface area (Å²) in [5.41, 5.74) is 5.72. The second kappa shape index (κ2) is 7.05. The van der Waals surface area contributed by atoms with E-state index in [1.807, 2.05) is 6.92 Å². The van der Waals surface area contributed by atoms with Gasteiger partial charge in [-0.1, -0.05) is 11.3 Å². The molecule has 19 heavy (non-hydrogen) atoms. The number of nitrogens with zero attached hydrogens (tertiary/aromatic N) is 1. The van der Waals surface area contributed by atoms with Crippen LogP contribution in [0.1, 0.15) is 18.5 Å². The molecule has 1 unspecified atom stereocenters. The summed E-state index contributed by atoms with van der Waals surface area (Å²) in [4.78, 5) is 33.3. The summed E-state index contributed by atoms with van der Waals surface area (Å²) in [5, 5.41) is 13.3. The number of primary amides is 1. The predicted octanol–water partition coefficient (Wildman–Crippen LogP) is -1.04. The third kappa shape index (κ3) is 4.84. The SMILES string of the molecule is Cc1csc(=O)n1CCCC(=O)NCC(O)C(N)=O. The van der Waals surface area contributed by atoms with E-state index in [1.165, 1.54) is 0 Å². The molecule has 7 nitrogen and oxygen atoms in total. The number of aryl methyl sites for hydroxylation is 1. The lowest BCUT2D eigenvalue weighted by Gasteiger charge is -2.08. The first-order valence-corrected chi connectivity index (χ1v) is 6.68. The van der Waals surface area contributed by atoms with Gasteiger partial charge in [0.1, 0.15) is 6.10 Å². The van der Waals surface area contributed by atoms with E-state index in [1.54, 1.807) is 9.95 Å². The summed E-state index contributed by atoms with van der Waals surface area (Å²) in [5.74, 6) is -1.16. The second-order valence-corrected chi connectivity index (χ2v) is 4.94. The normalized spacial score (nSPS) is 12.1. The van der Waals surface area contributed by atoms with Crippen molar-refractivity contribution in [3.8, 4) is 0 Å². The van der Waals surface area contributed by atoms with Crippen LogP contribution in [0.3, 0.4) is 0 Å². The number of nitrogens with one attached hydrogen (secondary N) is 1. The molecule has 1 heterocycles. The van der Waals surface area contributed by atoms with Crippen molar-refractivity contribution in [1.82, 2.24) is 9.88 Å². The van der Waals surface area contributed by atoms with Crippen molar-refractivity contribution in [2.24, 2.45) is 5.73 Å². The molecule has 0 bridgehead atoms. The first-order chi connectivity index (χ1) is 8.91. The molecule has 0 fully saturated rings. The highest BCUT2D eigenvalue weighted by Gasteiger charge is 2.12. The number of amides is 2. The van der Waals surface area contributed by atoms with E-state index in [9.17, 15) is 14.4 Å². The van der Waals surface area contributed by atoms with Crippen LogP contribution < -0.4 is 15.9 Å². The maximum Gasteiger partial charge on any atom is 0.307 e. The molecule has 0 saturated heterocycles. The van der Waals surface area contributed by atoms with Gasteiger partial charge in [-0.05, 0) is 13.3 Å². The van der Waals surface area contributed by atoms with Gasteiger partial charge in [-0.2, -0.15) is 0 Å². The second-order valence-electron chi connectivity index (χ2n) is 4.12. The molecule has 0 radical (unpaired) electrons. The van der Waals surface area contributed by atoms with Gasteiger partial charge < -0.3 is 20.7 Å². The number of carbonyl (C=O) groups excluding carboxylic acids is 2. The van der Waals surface area contributed by atoms with Gasteiger partial charge >= 0.3 is 4.87 Å². The van der Waals surface area contributed by atoms with Gasteiger partial charge in [-0.15, -0.1) is 0 Å². The molecule has 0 aromatic carbocycles. The van der Waals surface area contributed by atoms with Crippen LogP contribution in [0.4, 0.5) is 0 Å². The molecule has 1 aromatic heterocycles. The predicted molar refractivity (Wildman–Crippen MR) is 70.8 cm³/mol. The van der Waals surface area contributed by atoms with Gasteiger partial charge in [0.25, 0.3) is 0 Å². The van der Waals surface area contributed by atoms with Gasteiger partial charge in [0.05, 0.1) is 6.54 Å². The van der Waals surface area contributed by atoms with Gasteiger partial charge in [-0.25, -0.2) is 0 Å². The Kier molecular flexibility index (Phi) is 5.71. The number of rotatable bonds is 7. The summed E-state index contributed by atoms with van der Waals surface area (Å²) in [6, 6.07) is 0. The maximum absolute atomic E-state index is 11.4. The topological polar surface area (TPSA) is 114 Å². The molecule has 0 aliphatic carbocycles. The summed E-state index contributed by atoms with van der Waals surface area (Å²) in [6.07, 6.45) is -0.644. The van der Waals surface area contributed by atoms with E-state index in [4.69, 9.17) is 10.8 Å². The zero-order valence-electron chi connectivity index (χ0n) is 10.6. The van der Waals surface area contributed by atoms with Crippen molar-refractivity contribution in [3.63, 3.8) is 0 Å². The molecule has 1 atom stereocenters. The fourth-order valence-electron chi connectivity index (χ4n) is 1.47. The van der Waals surface area contributed by atoms with Crippen LogP contribution in [0.25, 0.3) is 0 Å². The molecule has 1 rings (SSSR count). The van der Waals surface area contributed by atoms with Crippen molar-refractivity contribution >= 4 is 23.2 Å². The van der Waals surface area contributed by atoms with Crippen LogP contribution in [0.15, 0.2) is 10.2 Å². The first kappa shape index (κ1) is 15.4. The molecular formula is C11H17N3O4S. The number of aromatic nitrogens is 1. The number of carbonyl (C=O) groups is 2. The number of hydrogen-bond acceptors (Lipinski definition) is 5. The molecule has 1 aromatic rings. The van der Waals surface area contributed by atoms with Crippen LogP contribution in [0.5, 0.6) is 0 Å². The van der Waals surface area contributed by atoms with Crippen molar-refractivity contribution < 1.29 is 14.7 Å². The fourth-order valence-corrected chi connectivity index (χ4v) is 2.23. The summed E-state index contributed by atoms with van der Waals surface area (Å²) < 4.78 is 1.61. The van der Waals surface area contributed by atoms with Gasteiger partial charge in [0.15, 0.2) is 0 Å². The third-order valence-electron chi connectivity index (χ3n) is 2.58. The van der Waals surface area contributed by atoms with Crippen LogP contribution in [0.2, 0.25) is 0 Å². The summed E-state index contributed by atoms with van der Waals surface area (Å²) >= 11 is 1.13. The Morgan fingerprint density at radius 2 is 2.26 bits per heavy atom. The minimum absolute atomic E-state index is 0.0398. The van der Waals surface area contributed by atoms with E-state index < -0.39 is 12.0 Å². The monoisotopic (exact) mass is 287 g/mol. The van der Waals surface area contributed by atoms with Crippen LogP contribution >= 0.6 is 11.3 Å². The Balaban J connectivity index is 2.28. The molecule has 0 spiro atoms. The summed E-state index contributed by atoms with van der Waals surface area (Å²) in [6.45, 7) is 2.12. The first-order valence-electron chi connectivity index (χ1n) is 5.81. The van der Waals surface area contributed by atoms with Crippen molar-refractivity contribution in [1.29, 1.82) is 0 Å². The zero-order valence-corrected chi connectivity index (χ0v) is 11.4. The molecule has 2 amide bonds. The molecule has 8 heteroatoms. The van der Waals surface area contributed by atoms with E-state index >= 15 is 0 Å². The number of aliphatic hydroxyl groups excluding tert-OH is 1. The van der Waals surface area contributed by atoms with Crippen LogP contribution in [0, 0.1) is 6.92 Å². The molecule has 4 N–H and O–H groups in total. The van der Waals surface area contributed by atoms with E-state index in [0.29, 0.717) is 13.0 Å². The van der Waals surface area contributed by atoms with Crippen LogP contribution in [-0.2, 0) is 16.1 Å². The van der Waals surface area contributed by atoms with Crippen molar-refractivity contribution in [2.75, 3.05) is 6.54 Å². The van der Waals surface area contributed by atoms with Gasteiger partial charge in [-0.3, -0.25) is 14.4 Å². The lowest BCUT2D eigenvalue weighted by molar-refractivity contribution is -0.127. The lowest BCUT2D eigenvalue weighted by Crippen LogP contribution is -2.39. The third-order valence-corrected chi connectivity index (χ3v) is 3.46. The van der Waals surface area contributed by atoms with E-state index in [2.05, 4.69) is 5.32 Å². The average molecular weight is 287 g/mol. The minimum atomic E-state index is -1.37. The molecule has 0 aliphatic heterocycles. The largest absolute Gasteiger partial charge is 0.381 e. The molecule has 0 saturated carbocycles. The fraction of sp³-hybridized carbons (Fsp3) is 0.545. The standard InChI is InChI=1S/C11H17N3O4S/c1-7-6-19-11(18)14(7)4-2-3-9(16)13-5-8(15)10(12)17/h6,8,15H,2-5H2,1H3,(H2,12,17)(H,13,16). The average Bonchev–Trinajstić information content (AvgIpc) is 2.67. The van der Waals surface area contributed by atoms with Gasteiger partial charge in [0.2, 0.25) is 11.8 Å². The quantitative estimate of drug-likeness (QED) is 0.594. The Labute approximate surface area is 114 Å². The highest BCUT2D eigenvalue weighted by molar-refractivity contribution is 7.07. The number of hydrogen-bond donors (Lipinski definition) is 3. The molecular weight excluding hydrogens is 270 g/mol. The lowest BCUT2D eigenvalue weighted by atomic mass is 10.2. The highest BCUT2D eigenvalue weighted by atomic mass is 32.1. The van der Waals surface area contributed by atoms with Crippen molar-refractivity contribution in [3.05, 3.63) is 20.7 Å². The minimum Gasteiger partial charge on any atom is -0.381 e. The smallest absolute Gasteiger partial charge is 0.307 e. The maximum atomic E-state index is 11.4. The molecule has 0 aliphatic rings. The highest BCUT2D eigenvalue weighted by Crippen LogP contribution is 2.02. The number of aliphatic hydroxyl groups is 1. The number of thiazole rings is 1. The Bertz CT molecular complexity index is 508. The Morgan fingerprint density at radius 3 is 2.79 bits per heavy atom.